The summed E-state index contributed by atoms with van der Waals surface area (Å²) in [6.07, 6.45) is 0. The van der Waals surface area contributed by atoms with E-state index in [1.54, 1.807) is 0 Å². The van der Waals surface area contributed by atoms with Crippen LogP contribution >= 0.6 is 22.7 Å². The van der Waals surface area contributed by atoms with E-state index >= 15 is 0 Å². The van der Waals surface area contributed by atoms with Gasteiger partial charge in [-0.1, -0.05) is 206 Å². The molecule has 0 aliphatic heterocycles. The van der Waals surface area contributed by atoms with Crippen molar-refractivity contribution < 1.29 is 13.7 Å². The van der Waals surface area contributed by atoms with Crippen LogP contribution in [0.4, 0.5) is 0 Å². The molecule has 0 saturated carbocycles. The van der Waals surface area contributed by atoms with E-state index in [1.165, 1.54) is 22.7 Å². The molecule has 0 N–H and O–H groups in total. The second-order valence-corrected chi connectivity index (χ2v) is 20.2. The van der Waals surface area contributed by atoms with E-state index in [0.717, 1.165) is 84.1 Å². The molecule has 342 valence electrons. The van der Waals surface area contributed by atoms with Gasteiger partial charge in [-0.2, -0.15) is 10.5 Å². The van der Waals surface area contributed by atoms with Crippen LogP contribution in [0.3, 0.4) is 0 Å². The highest BCUT2D eigenvalue weighted by atomic mass is 32.1. The summed E-state index contributed by atoms with van der Waals surface area (Å²) in [7, 11) is 0. The van der Waals surface area contributed by atoms with Crippen LogP contribution in [0.1, 0.15) is 24.8 Å². The van der Waals surface area contributed by atoms with Gasteiger partial charge in [0.05, 0.1) is 67.7 Å². The van der Waals surface area contributed by atoms with Crippen LogP contribution in [0.5, 0.6) is 0 Å². The largest absolute Gasteiger partial charge is 0.306 e. The number of benzene rings is 11. The van der Waals surface area contributed by atoms with Gasteiger partial charge in [0.2, 0.25) is 0 Å². The van der Waals surface area contributed by atoms with E-state index in [1.807, 2.05) is 167 Å². The Morgan fingerprint density at radius 2 is 0.770 bits per heavy atom. The Balaban J connectivity index is 1.31. The van der Waals surface area contributed by atoms with Gasteiger partial charge in [-0.3, -0.25) is 0 Å². The second kappa shape index (κ2) is 16.5. The summed E-state index contributed by atoms with van der Waals surface area (Å²) in [5.41, 5.74) is 3.70. The first kappa shape index (κ1) is 33.2. The number of rotatable bonds is 6. The Bertz CT molecular complexity index is 5210. The quantitative estimate of drug-likeness (QED) is 0.167. The minimum absolute atomic E-state index is 0.0419. The fourth-order valence-corrected chi connectivity index (χ4v) is 13.9. The lowest BCUT2D eigenvalue weighted by Crippen LogP contribution is -2.11. The van der Waals surface area contributed by atoms with Gasteiger partial charge in [-0.05, 0) is 57.6 Å². The molecule has 0 aliphatic rings. The van der Waals surface area contributed by atoms with E-state index in [-0.39, 0.29) is 39.2 Å². The Morgan fingerprint density at radius 3 is 1.22 bits per heavy atom. The summed E-state index contributed by atoms with van der Waals surface area (Å²) in [4.78, 5) is 0. The molecule has 0 bridgehead atoms. The SMILES string of the molecule is [2H]c1c([2H])c([2H])c(-c2c(C#N)c(-n3c4cccc(-c5ccccc5)c4c4ccc5c6ccccc6sc5c43)c(-c3c([2H])c([2H])c([2H])c([2H])c3[2H])c(-n3c4cccc(-c5ccccc5)c4c4ccc5c6ccccc6sc5c43)c2C#N)c([2H])c1[2H]. The van der Waals surface area contributed by atoms with E-state index in [9.17, 15) is 21.5 Å². The van der Waals surface area contributed by atoms with Gasteiger partial charge in [-0.25, -0.2) is 0 Å². The number of nitrogens with zero attached hydrogens (tertiary/aromatic N) is 4. The lowest BCUT2D eigenvalue weighted by molar-refractivity contribution is 1.13. The van der Waals surface area contributed by atoms with E-state index < -0.39 is 66.0 Å². The summed E-state index contributed by atoms with van der Waals surface area (Å²) in [6, 6.07) is 53.7. The summed E-state index contributed by atoms with van der Waals surface area (Å²) in [5.74, 6) is 0. The van der Waals surface area contributed by atoms with Crippen molar-refractivity contribution in [3.63, 3.8) is 0 Å². The Kier molecular flexibility index (Phi) is 7.39. The maximum absolute atomic E-state index is 12.4. The average molecular weight is 985 g/mol. The molecule has 0 atom stereocenters. The summed E-state index contributed by atoms with van der Waals surface area (Å²) in [5, 5.41) is 31.5. The maximum Gasteiger partial charge on any atom is 0.102 e. The van der Waals surface area contributed by atoms with E-state index in [2.05, 4.69) is 24.3 Å². The summed E-state index contributed by atoms with van der Waals surface area (Å²) < 4.78 is 102. The van der Waals surface area contributed by atoms with Crippen molar-refractivity contribution in [3.05, 3.63) is 241 Å². The topological polar surface area (TPSA) is 57.4 Å². The van der Waals surface area contributed by atoms with Crippen LogP contribution in [0.15, 0.2) is 230 Å². The molecule has 4 nitrogen and oxygen atoms in total. The first-order chi connectivity index (χ1) is 40.8. The predicted octanol–water partition coefficient (Wildman–Crippen LogP) is 19.0. The molecule has 15 aromatic rings. The number of aromatic nitrogens is 2. The number of hydrogen-bond acceptors (Lipinski definition) is 4. The fourth-order valence-electron chi connectivity index (χ4n) is 11.5. The molecule has 74 heavy (non-hydrogen) atoms. The summed E-state index contributed by atoms with van der Waals surface area (Å²) in [6.45, 7) is 0. The van der Waals surface area contributed by atoms with Crippen molar-refractivity contribution in [2.24, 2.45) is 0 Å². The van der Waals surface area contributed by atoms with Gasteiger partial charge < -0.3 is 9.13 Å². The van der Waals surface area contributed by atoms with E-state index in [0.29, 0.717) is 22.1 Å². The van der Waals surface area contributed by atoms with Crippen molar-refractivity contribution in [2.45, 2.75) is 0 Å². The second-order valence-electron chi connectivity index (χ2n) is 18.1. The Hall–Kier alpha value is -9.56. The molecule has 0 aliphatic carbocycles. The maximum atomic E-state index is 12.4. The van der Waals surface area contributed by atoms with Gasteiger partial charge in [0, 0.05) is 63.6 Å². The molecule has 4 aromatic heterocycles. The third-order valence-corrected chi connectivity index (χ3v) is 16.8. The monoisotopic (exact) mass is 984 g/mol. The first-order valence-electron chi connectivity index (χ1n) is 28.9. The van der Waals surface area contributed by atoms with Crippen molar-refractivity contribution in [2.75, 3.05) is 0 Å². The first-order valence-corrected chi connectivity index (χ1v) is 25.5. The number of hydrogen-bond donors (Lipinski definition) is 0. The van der Waals surface area contributed by atoms with Gasteiger partial charge in [-0.15, -0.1) is 22.7 Å². The minimum Gasteiger partial charge on any atom is -0.306 e. The molecule has 0 spiro atoms. The van der Waals surface area contributed by atoms with Crippen LogP contribution in [-0.2, 0) is 0 Å². The molecular formula is C68H38N4S2. The molecule has 11 aromatic carbocycles. The Labute approximate surface area is 447 Å². The van der Waals surface area contributed by atoms with Crippen molar-refractivity contribution >= 4 is 107 Å². The van der Waals surface area contributed by atoms with Gasteiger partial charge >= 0.3 is 0 Å². The van der Waals surface area contributed by atoms with E-state index in [4.69, 9.17) is 2.74 Å². The number of fused-ring (bicyclic) bond motifs is 14. The fraction of sp³-hybridized carbons (Fsp3) is 0. The van der Waals surface area contributed by atoms with Crippen LogP contribution in [0, 0.1) is 22.7 Å². The molecule has 6 heteroatoms. The number of nitriles is 2. The van der Waals surface area contributed by atoms with Gasteiger partial charge in [0.15, 0.2) is 0 Å². The van der Waals surface area contributed by atoms with Crippen molar-refractivity contribution in [3.8, 4) is 68.0 Å². The summed E-state index contributed by atoms with van der Waals surface area (Å²) >= 11 is 3.05. The van der Waals surface area contributed by atoms with Crippen LogP contribution in [0.25, 0.3) is 140 Å². The molecule has 15 rings (SSSR count). The van der Waals surface area contributed by atoms with Gasteiger partial charge in [0.25, 0.3) is 0 Å². The van der Waals surface area contributed by atoms with Crippen LogP contribution in [-0.4, -0.2) is 9.13 Å². The molecular weight excluding hydrogens is 937 g/mol. The standard InChI is InChI=1S/C68H38N4S2/c69-39-53-59(43-23-9-3-10-24-43)54(40-70)64(72-56-32-18-30-46(42-21-7-2-8-22-42)62(56)52-38-36-50-48-28-14-16-34-58(48)74-68(50)66(52)72)60(44-25-11-4-12-26-44)63(53)71-55-31-17-29-45(41-19-5-1-6-20-41)61(55)51-37-35-49-47-27-13-15-33-57(47)73-67(49)65(51)71/h1-38H/i3D,4D,9D,10D,11D,12D,23D,24D,25D,26D. The average Bonchev–Trinajstić information content (AvgIpc) is 1.48. The van der Waals surface area contributed by atoms with Crippen molar-refractivity contribution in [1.29, 1.82) is 10.5 Å². The predicted molar refractivity (Wildman–Crippen MR) is 312 cm³/mol. The highest BCUT2D eigenvalue weighted by Crippen LogP contribution is 2.53. The zero-order valence-electron chi connectivity index (χ0n) is 48.8. The van der Waals surface area contributed by atoms with Crippen LogP contribution in [0.2, 0.25) is 0 Å². The van der Waals surface area contributed by atoms with Crippen LogP contribution < -0.4 is 0 Å². The molecule has 0 saturated heterocycles. The highest BCUT2D eigenvalue weighted by molar-refractivity contribution is 7.27. The zero-order valence-corrected chi connectivity index (χ0v) is 40.4. The molecule has 0 amide bonds. The third-order valence-electron chi connectivity index (χ3n) is 14.4. The van der Waals surface area contributed by atoms with Gasteiger partial charge in [0.1, 0.15) is 12.1 Å². The molecule has 0 radical (unpaired) electrons. The lowest BCUT2D eigenvalue weighted by Gasteiger charge is -2.25. The molecule has 4 heterocycles. The number of thiophene rings is 2. The smallest absolute Gasteiger partial charge is 0.102 e. The Morgan fingerprint density at radius 1 is 0.365 bits per heavy atom. The molecule has 0 unspecified atom stereocenters. The highest BCUT2D eigenvalue weighted by Gasteiger charge is 2.33. The molecule has 0 fully saturated rings. The normalized spacial score (nSPS) is 13.6. The third kappa shape index (κ3) is 5.99. The lowest BCUT2D eigenvalue weighted by atomic mass is 9.86. The van der Waals surface area contributed by atoms with Crippen molar-refractivity contribution in [1.82, 2.24) is 9.13 Å². The minimum atomic E-state index is -0.704. The zero-order chi connectivity index (χ0) is 57.7.